The van der Waals surface area contributed by atoms with Crippen LogP contribution in [0.3, 0.4) is 0 Å². The number of piperidine rings is 1. The van der Waals surface area contributed by atoms with Gasteiger partial charge in [-0.15, -0.1) is 0 Å². The summed E-state index contributed by atoms with van der Waals surface area (Å²) in [5.41, 5.74) is 0.952. The van der Waals surface area contributed by atoms with E-state index >= 15 is 0 Å². The lowest BCUT2D eigenvalue weighted by molar-refractivity contribution is 0.258. The van der Waals surface area contributed by atoms with Gasteiger partial charge in [-0.2, -0.15) is 0 Å². The van der Waals surface area contributed by atoms with Gasteiger partial charge in [0.05, 0.1) is 6.61 Å². The van der Waals surface area contributed by atoms with E-state index in [1.165, 1.54) is 32.4 Å². The van der Waals surface area contributed by atoms with E-state index in [0.29, 0.717) is 6.01 Å². The molecule has 0 saturated carbocycles. The Kier molecular flexibility index (Phi) is 4.74. The highest BCUT2D eigenvalue weighted by molar-refractivity contribution is 5.02. The first-order valence-electron chi connectivity index (χ1n) is 6.48. The molecule has 1 aliphatic rings. The Morgan fingerprint density at radius 2 is 2.24 bits per heavy atom. The van der Waals surface area contributed by atoms with Gasteiger partial charge < -0.3 is 10.1 Å². The molecule has 94 valence electrons. The second kappa shape index (κ2) is 6.55. The van der Waals surface area contributed by atoms with E-state index in [-0.39, 0.29) is 0 Å². The fourth-order valence-corrected chi connectivity index (χ4v) is 2.20. The first kappa shape index (κ1) is 12.3. The Morgan fingerprint density at radius 3 is 3.00 bits per heavy atom. The molecule has 4 nitrogen and oxygen atoms in total. The summed E-state index contributed by atoms with van der Waals surface area (Å²) in [4.78, 5) is 8.29. The van der Waals surface area contributed by atoms with E-state index in [4.69, 9.17) is 4.74 Å². The van der Waals surface area contributed by atoms with Gasteiger partial charge in [0, 0.05) is 11.9 Å². The third-order valence-corrected chi connectivity index (χ3v) is 3.22. The summed E-state index contributed by atoms with van der Waals surface area (Å²) < 4.78 is 5.54. The van der Waals surface area contributed by atoms with E-state index in [1.807, 2.05) is 13.0 Å². The predicted molar refractivity (Wildman–Crippen MR) is 67.1 cm³/mol. The maximum Gasteiger partial charge on any atom is 0.316 e. The molecule has 1 aromatic heterocycles. The lowest BCUT2D eigenvalue weighted by Gasteiger charge is -2.22. The van der Waals surface area contributed by atoms with Crippen molar-refractivity contribution in [3.63, 3.8) is 0 Å². The Hall–Kier alpha value is -1.16. The van der Waals surface area contributed by atoms with Gasteiger partial charge in [0.1, 0.15) is 0 Å². The van der Waals surface area contributed by atoms with Crippen LogP contribution in [-0.2, 0) is 0 Å². The number of rotatable bonds is 5. The van der Waals surface area contributed by atoms with Crippen molar-refractivity contribution >= 4 is 0 Å². The lowest BCUT2D eigenvalue weighted by atomic mass is 9.93. The minimum Gasteiger partial charge on any atom is -0.463 e. The van der Waals surface area contributed by atoms with Crippen LogP contribution in [-0.4, -0.2) is 29.7 Å². The molecule has 2 rings (SSSR count). The molecule has 0 aliphatic carbocycles. The molecule has 0 unspecified atom stereocenters. The smallest absolute Gasteiger partial charge is 0.316 e. The number of hydrogen-bond donors (Lipinski definition) is 1. The fourth-order valence-electron chi connectivity index (χ4n) is 2.20. The Balaban J connectivity index is 1.62. The highest BCUT2D eigenvalue weighted by Gasteiger charge is 2.12. The van der Waals surface area contributed by atoms with E-state index in [9.17, 15) is 0 Å². The molecule has 1 aliphatic heterocycles. The normalized spacial score (nSPS) is 17.0. The summed E-state index contributed by atoms with van der Waals surface area (Å²) in [5.74, 6) is 0.873. The second-order valence-corrected chi connectivity index (χ2v) is 4.66. The largest absolute Gasteiger partial charge is 0.463 e. The van der Waals surface area contributed by atoms with Gasteiger partial charge >= 0.3 is 6.01 Å². The molecule has 2 heterocycles. The molecule has 4 heteroatoms. The second-order valence-electron chi connectivity index (χ2n) is 4.66. The van der Waals surface area contributed by atoms with Crippen molar-refractivity contribution in [2.75, 3.05) is 19.7 Å². The number of nitrogens with zero attached hydrogens (tertiary/aromatic N) is 2. The molecular formula is C13H21N3O. The lowest BCUT2D eigenvalue weighted by Crippen LogP contribution is -2.27. The number of aryl methyl sites for hydroxylation is 1. The minimum absolute atomic E-state index is 0.510. The van der Waals surface area contributed by atoms with E-state index in [0.717, 1.165) is 24.6 Å². The molecule has 0 amide bonds. The molecule has 1 saturated heterocycles. The molecule has 0 aromatic carbocycles. The van der Waals surface area contributed by atoms with Crippen LogP contribution in [0, 0.1) is 12.8 Å². The average molecular weight is 235 g/mol. The zero-order chi connectivity index (χ0) is 11.9. The minimum atomic E-state index is 0.510. The average Bonchev–Trinajstić information content (AvgIpc) is 2.36. The first-order chi connectivity index (χ1) is 8.34. The van der Waals surface area contributed by atoms with Crippen LogP contribution in [0.4, 0.5) is 0 Å². The maximum absolute atomic E-state index is 5.54. The van der Waals surface area contributed by atoms with E-state index in [2.05, 4.69) is 15.3 Å². The van der Waals surface area contributed by atoms with Gasteiger partial charge in [-0.3, -0.25) is 0 Å². The van der Waals surface area contributed by atoms with Gasteiger partial charge in [0.2, 0.25) is 0 Å². The standard InChI is InChI=1S/C13H21N3O/c1-11-4-9-15-13(16-11)17-10-2-3-12-5-7-14-8-6-12/h4,9,12,14H,2-3,5-8,10H2,1H3. The molecule has 0 bridgehead atoms. The van der Waals surface area contributed by atoms with Gasteiger partial charge in [0.25, 0.3) is 0 Å². The van der Waals surface area contributed by atoms with Crippen molar-refractivity contribution in [1.29, 1.82) is 0 Å². The Morgan fingerprint density at radius 1 is 1.41 bits per heavy atom. The van der Waals surface area contributed by atoms with E-state index in [1.54, 1.807) is 6.20 Å². The number of nitrogens with one attached hydrogen (secondary N) is 1. The van der Waals surface area contributed by atoms with Crippen molar-refractivity contribution in [3.05, 3.63) is 18.0 Å². The zero-order valence-electron chi connectivity index (χ0n) is 10.5. The van der Waals surface area contributed by atoms with Crippen LogP contribution in [0.5, 0.6) is 6.01 Å². The van der Waals surface area contributed by atoms with Gasteiger partial charge in [-0.25, -0.2) is 9.97 Å². The number of aromatic nitrogens is 2. The molecule has 1 aromatic rings. The number of hydrogen-bond acceptors (Lipinski definition) is 4. The van der Waals surface area contributed by atoms with Gasteiger partial charge in [-0.05, 0) is 57.7 Å². The maximum atomic E-state index is 5.54. The van der Waals surface area contributed by atoms with E-state index < -0.39 is 0 Å². The van der Waals surface area contributed by atoms with Crippen LogP contribution in [0.25, 0.3) is 0 Å². The summed E-state index contributed by atoms with van der Waals surface area (Å²) in [7, 11) is 0. The van der Waals surface area contributed by atoms with Crippen LogP contribution in [0.1, 0.15) is 31.4 Å². The Labute approximate surface area is 103 Å². The quantitative estimate of drug-likeness (QED) is 0.792. The van der Waals surface area contributed by atoms with Crippen LogP contribution in [0.2, 0.25) is 0 Å². The van der Waals surface area contributed by atoms with Crippen LogP contribution in [0.15, 0.2) is 12.3 Å². The zero-order valence-corrected chi connectivity index (χ0v) is 10.5. The summed E-state index contributed by atoms with van der Waals surface area (Å²) in [6.07, 6.45) is 6.71. The molecular weight excluding hydrogens is 214 g/mol. The predicted octanol–water partition coefficient (Wildman–Crippen LogP) is 1.94. The Bertz CT molecular complexity index is 337. The highest BCUT2D eigenvalue weighted by atomic mass is 16.5. The van der Waals surface area contributed by atoms with Crippen LogP contribution >= 0.6 is 0 Å². The van der Waals surface area contributed by atoms with Crippen LogP contribution < -0.4 is 10.1 Å². The fraction of sp³-hybridized carbons (Fsp3) is 0.692. The molecule has 1 N–H and O–H groups in total. The van der Waals surface area contributed by atoms with Crippen molar-refractivity contribution in [2.45, 2.75) is 32.6 Å². The van der Waals surface area contributed by atoms with Crippen molar-refractivity contribution in [2.24, 2.45) is 5.92 Å². The SMILES string of the molecule is Cc1ccnc(OCCCC2CCNCC2)n1. The first-order valence-corrected chi connectivity index (χ1v) is 6.48. The molecule has 0 radical (unpaired) electrons. The summed E-state index contributed by atoms with van der Waals surface area (Å²) >= 11 is 0. The molecule has 0 atom stereocenters. The third kappa shape index (κ3) is 4.30. The monoisotopic (exact) mass is 235 g/mol. The molecule has 0 spiro atoms. The summed E-state index contributed by atoms with van der Waals surface area (Å²) in [5, 5.41) is 3.39. The van der Waals surface area contributed by atoms with Crippen molar-refractivity contribution in [1.82, 2.24) is 15.3 Å². The third-order valence-electron chi connectivity index (χ3n) is 3.22. The highest BCUT2D eigenvalue weighted by Crippen LogP contribution is 2.17. The van der Waals surface area contributed by atoms with Gasteiger partial charge in [0.15, 0.2) is 0 Å². The number of ether oxygens (including phenoxy) is 1. The topological polar surface area (TPSA) is 47.0 Å². The van der Waals surface area contributed by atoms with Gasteiger partial charge in [-0.1, -0.05) is 0 Å². The van der Waals surface area contributed by atoms with Crippen molar-refractivity contribution < 1.29 is 4.74 Å². The van der Waals surface area contributed by atoms with Crippen molar-refractivity contribution in [3.8, 4) is 6.01 Å². The molecule has 1 fully saturated rings. The molecule has 17 heavy (non-hydrogen) atoms. The summed E-state index contributed by atoms with van der Waals surface area (Å²) in [6, 6.07) is 2.39. The summed E-state index contributed by atoms with van der Waals surface area (Å²) in [6.45, 7) is 5.02.